The molecule has 7 nitrogen and oxygen atoms in total. The van der Waals surface area contributed by atoms with Crippen molar-refractivity contribution in [2.45, 2.75) is 6.04 Å². The lowest BCUT2D eigenvalue weighted by Gasteiger charge is -2.15. The normalized spacial score (nSPS) is 15.5. The van der Waals surface area contributed by atoms with Gasteiger partial charge in [-0.1, -0.05) is 6.07 Å². The number of phenols is 1. The Morgan fingerprint density at radius 2 is 1.85 bits per heavy atom. The van der Waals surface area contributed by atoms with Crippen LogP contribution in [0.15, 0.2) is 42.5 Å². The quantitative estimate of drug-likeness (QED) is 0.671. The van der Waals surface area contributed by atoms with E-state index in [9.17, 15) is 9.90 Å². The Bertz CT molecular complexity index is 979. The van der Waals surface area contributed by atoms with Crippen molar-refractivity contribution in [1.29, 1.82) is 0 Å². The molecule has 2 aromatic carbocycles. The third kappa shape index (κ3) is 2.45. The second-order valence-corrected chi connectivity index (χ2v) is 5.93. The van der Waals surface area contributed by atoms with E-state index in [1.54, 1.807) is 25.3 Å². The molecule has 1 amide bonds. The van der Waals surface area contributed by atoms with Crippen LogP contribution in [0.25, 0.3) is 11.3 Å². The fraction of sp³-hybridized carbons (Fsp3) is 0.158. The number of nitrogens with zero attached hydrogens (tertiary/aromatic N) is 1. The van der Waals surface area contributed by atoms with E-state index in [2.05, 4.69) is 15.5 Å². The Kier molecular flexibility index (Phi) is 3.76. The monoisotopic (exact) mass is 351 g/mol. The number of hydrogen-bond acceptors (Lipinski definition) is 5. The van der Waals surface area contributed by atoms with Gasteiger partial charge in [0.1, 0.15) is 11.4 Å². The van der Waals surface area contributed by atoms with Crippen LogP contribution in [0, 0.1) is 0 Å². The van der Waals surface area contributed by atoms with Crippen molar-refractivity contribution in [2.75, 3.05) is 14.2 Å². The molecule has 26 heavy (non-hydrogen) atoms. The number of carbonyl (C=O) groups excluding carboxylic acids is 1. The van der Waals surface area contributed by atoms with E-state index < -0.39 is 0 Å². The molecule has 3 aromatic rings. The van der Waals surface area contributed by atoms with Gasteiger partial charge in [-0.05, 0) is 42.0 Å². The van der Waals surface area contributed by atoms with Crippen LogP contribution in [0.4, 0.5) is 0 Å². The van der Waals surface area contributed by atoms with Gasteiger partial charge < -0.3 is 19.9 Å². The lowest BCUT2D eigenvalue weighted by Crippen LogP contribution is -2.21. The Balaban J connectivity index is 1.81. The summed E-state index contributed by atoms with van der Waals surface area (Å²) in [6, 6.07) is 12.1. The number of methoxy groups -OCH3 is 2. The molecule has 1 aliphatic heterocycles. The first-order chi connectivity index (χ1) is 12.6. The minimum absolute atomic E-state index is 0.0448. The first-order valence-electron chi connectivity index (χ1n) is 8.03. The Labute approximate surface area is 149 Å². The Morgan fingerprint density at radius 3 is 2.54 bits per heavy atom. The van der Waals surface area contributed by atoms with Gasteiger partial charge in [0.05, 0.1) is 26.0 Å². The lowest BCUT2D eigenvalue weighted by molar-refractivity contribution is 0.0955. The highest BCUT2D eigenvalue weighted by Gasteiger charge is 2.35. The number of rotatable bonds is 4. The zero-order chi connectivity index (χ0) is 18.3. The zero-order valence-corrected chi connectivity index (χ0v) is 14.2. The maximum Gasteiger partial charge on any atom is 0.270 e. The molecule has 0 radical (unpaired) electrons. The molecule has 1 aromatic heterocycles. The fourth-order valence-corrected chi connectivity index (χ4v) is 3.17. The molecule has 0 saturated carbocycles. The van der Waals surface area contributed by atoms with Gasteiger partial charge in [0, 0.05) is 11.1 Å². The number of aromatic amines is 1. The van der Waals surface area contributed by atoms with Crippen molar-refractivity contribution in [3.05, 3.63) is 59.3 Å². The Hall–Kier alpha value is -3.48. The third-order valence-corrected chi connectivity index (χ3v) is 4.50. The molecule has 0 bridgehead atoms. The van der Waals surface area contributed by atoms with Gasteiger partial charge in [-0.2, -0.15) is 5.10 Å². The number of hydrogen-bond donors (Lipinski definition) is 3. The van der Waals surface area contributed by atoms with E-state index in [1.807, 2.05) is 24.3 Å². The second-order valence-electron chi connectivity index (χ2n) is 5.93. The minimum atomic E-state index is -0.386. The van der Waals surface area contributed by atoms with Gasteiger partial charge in [0.15, 0.2) is 11.5 Å². The van der Waals surface area contributed by atoms with E-state index in [4.69, 9.17) is 9.47 Å². The van der Waals surface area contributed by atoms with Crippen LogP contribution >= 0.6 is 0 Å². The molecule has 0 unspecified atom stereocenters. The van der Waals surface area contributed by atoms with Crippen LogP contribution in [-0.4, -0.2) is 35.4 Å². The molecule has 0 saturated heterocycles. The number of fused-ring (bicyclic) bond motifs is 1. The predicted molar refractivity (Wildman–Crippen MR) is 94.5 cm³/mol. The van der Waals surface area contributed by atoms with Crippen LogP contribution in [0.5, 0.6) is 17.2 Å². The third-order valence-electron chi connectivity index (χ3n) is 4.50. The summed E-state index contributed by atoms with van der Waals surface area (Å²) in [4.78, 5) is 12.3. The highest BCUT2D eigenvalue weighted by molar-refractivity contribution is 6.00. The van der Waals surface area contributed by atoms with Gasteiger partial charge in [-0.25, -0.2) is 0 Å². The summed E-state index contributed by atoms with van der Waals surface area (Å²) in [6.45, 7) is 0. The molecule has 1 atom stereocenters. The van der Waals surface area contributed by atoms with Crippen LogP contribution in [0.2, 0.25) is 0 Å². The molecular weight excluding hydrogens is 334 g/mol. The van der Waals surface area contributed by atoms with E-state index in [-0.39, 0.29) is 17.7 Å². The van der Waals surface area contributed by atoms with Crippen LogP contribution in [0.1, 0.15) is 27.7 Å². The summed E-state index contributed by atoms with van der Waals surface area (Å²) in [7, 11) is 3.09. The van der Waals surface area contributed by atoms with Crippen molar-refractivity contribution in [3.63, 3.8) is 0 Å². The summed E-state index contributed by atoms with van der Waals surface area (Å²) >= 11 is 0. The largest absolute Gasteiger partial charge is 0.504 e. The zero-order valence-electron chi connectivity index (χ0n) is 14.2. The number of aromatic nitrogens is 2. The van der Waals surface area contributed by atoms with Crippen LogP contribution in [0.3, 0.4) is 0 Å². The SMILES string of the molecule is COc1ccc(-c2n[nH]c3c2[C@@H](c2ccc(O)c(OC)c2)NC3=O)cc1. The molecule has 7 heteroatoms. The summed E-state index contributed by atoms with van der Waals surface area (Å²) in [5.41, 5.74) is 3.57. The first-order valence-corrected chi connectivity index (χ1v) is 8.03. The topological polar surface area (TPSA) is 96.5 Å². The molecule has 0 spiro atoms. The summed E-state index contributed by atoms with van der Waals surface area (Å²) in [5.74, 6) is 0.919. The maximum absolute atomic E-state index is 12.3. The van der Waals surface area contributed by atoms with E-state index in [1.165, 1.54) is 7.11 Å². The molecule has 2 heterocycles. The molecule has 3 N–H and O–H groups in total. The minimum Gasteiger partial charge on any atom is -0.504 e. The fourth-order valence-electron chi connectivity index (χ4n) is 3.17. The maximum atomic E-state index is 12.3. The number of phenolic OH excluding ortho intramolecular Hbond substituents is 1. The van der Waals surface area contributed by atoms with Crippen molar-refractivity contribution < 1.29 is 19.4 Å². The number of benzene rings is 2. The van der Waals surface area contributed by atoms with Gasteiger partial charge in [0.2, 0.25) is 0 Å². The average Bonchev–Trinajstić information content (AvgIpc) is 3.24. The van der Waals surface area contributed by atoms with Gasteiger partial charge in [0.25, 0.3) is 5.91 Å². The highest BCUT2D eigenvalue weighted by Crippen LogP contribution is 2.39. The number of H-pyrrole nitrogens is 1. The molecular formula is C19H17N3O4. The van der Waals surface area contributed by atoms with Crippen molar-refractivity contribution in [3.8, 4) is 28.5 Å². The van der Waals surface area contributed by atoms with Gasteiger partial charge >= 0.3 is 0 Å². The Morgan fingerprint density at radius 1 is 1.08 bits per heavy atom. The van der Waals surface area contributed by atoms with Gasteiger partial charge in [-0.3, -0.25) is 9.89 Å². The average molecular weight is 351 g/mol. The number of aromatic hydroxyl groups is 1. The number of carbonyl (C=O) groups is 1. The van der Waals surface area contributed by atoms with Crippen molar-refractivity contribution >= 4 is 5.91 Å². The molecule has 0 aliphatic carbocycles. The van der Waals surface area contributed by atoms with Crippen molar-refractivity contribution in [1.82, 2.24) is 15.5 Å². The summed E-state index contributed by atoms with van der Waals surface area (Å²) in [5, 5.41) is 19.9. The first kappa shape index (κ1) is 16.0. The van der Waals surface area contributed by atoms with E-state index in [0.29, 0.717) is 17.1 Å². The standard InChI is InChI=1S/C19H17N3O4/c1-25-12-6-3-10(4-7-12)17-15-16(20-19(24)18(15)22-21-17)11-5-8-13(23)14(9-11)26-2/h3-9,16,23H,1-2H3,(H,20,24)(H,21,22)/t16-/m1/s1. The van der Waals surface area contributed by atoms with Crippen LogP contribution in [-0.2, 0) is 0 Å². The van der Waals surface area contributed by atoms with E-state index in [0.717, 1.165) is 22.4 Å². The summed E-state index contributed by atoms with van der Waals surface area (Å²) < 4.78 is 10.4. The molecule has 0 fully saturated rings. The predicted octanol–water partition coefficient (Wildman–Crippen LogP) is 2.63. The number of amides is 1. The number of ether oxygens (including phenoxy) is 2. The highest BCUT2D eigenvalue weighted by atomic mass is 16.5. The molecule has 4 rings (SSSR count). The molecule has 132 valence electrons. The smallest absolute Gasteiger partial charge is 0.270 e. The van der Waals surface area contributed by atoms with Crippen LogP contribution < -0.4 is 14.8 Å². The second kappa shape index (κ2) is 6.11. The molecule has 1 aliphatic rings. The lowest BCUT2D eigenvalue weighted by atomic mass is 9.96. The van der Waals surface area contributed by atoms with Crippen molar-refractivity contribution in [2.24, 2.45) is 0 Å². The van der Waals surface area contributed by atoms with E-state index >= 15 is 0 Å². The number of nitrogens with one attached hydrogen (secondary N) is 2. The van der Waals surface area contributed by atoms with Gasteiger partial charge in [-0.15, -0.1) is 0 Å². The summed E-state index contributed by atoms with van der Waals surface area (Å²) in [6.07, 6.45) is 0.